The summed E-state index contributed by atoms with van der Waals surface area (Å²) in [7, 11) is 0. The van der Waals surface area contributed by atoms with Crippen LogP contribution in [0.5, 0.6) is 0 Å². The molecule has 3 N–H and O–H groups in total. The van der Waals surface area contributed by atoms with E-state index in [2.05, 4.69) is 5.32 Å². The molecule has 3 heterocycles. The largest absolute Gasteiger partial charge is 0.326 e. The van der Waals surface area contributed by atoms with Gasteiger partial charge in [-0.2, -0.15) is 0 Å². The summed E-state index contributed by atoms with van der Waals surface area (Å²) in [5.41, 5.74) is -0.294. The van der Waals surface area contributed by atoms with E-state index in [1.54, 1.807) is 5.32 Å². The van der Waals surface area contributed by atoms with Crippen LogP contribution in [-0.4, -0.2) is 34.7 Å². The van der Waals surface area contributed by atoms with Gasteiger partial charge in [-0.15, -0.1) is 0 Å². The van der Waals surface area contributed by atoms with Crippen molar-refractivity contribution in [3.05, 3.63) is 29.6 Å². The van der Waals surface area contributed by atoms with Gasteiger partial charge in [0.05, 0.1) is 11.7 Å². The summed E-state index contributed by atoms with van der Waals surface area (Å²) in [6.07, 6.45) is 0.652. The Kier molecular flexibility index (Phi) is 3.31. The van der Waals surface area contributed by atoms with E-state index >= 15 is 0 Å². The summed E-state index contributed by atoms with van der Waals surface area (Å²) in [4.78, 5) is 40.3. The third-order valence-electron chi connectivity index (χ3n) is 6.05. The second kappa shape index (κ2) is 5.11. The Morgan fingerprint density at radius 3 is 2.72 bits per heavy atom. The maximum Gasteiger partial charge on any atom is 0.291 e. The van der Waals surface area contributed by atoms with Crippen LogP contribution < -0.4 is 10.6 Å². The van der Waals surface area contributed by atoms with Gasteiger partial charge in [-0.05, 0) is 38.5 Å². The number of quaternary nitrogens is 1. The number of carbonyl (C=O) groups is 3. The zero-order valence-corrected chi connectivity index (χ0v) is 14.4. The molecule has 0 unspecified atom stereocenters. The zero-order valence-electron chi connectivity index (χ0n) is 14.4. The summed E-state index contributed by atoms with van der Waals surface area (Å²) >= 11 is 0. The lowest BCUT2D eigenvalue weighted by Crippen LogP contribution is -2.98. The number of anilines is 1. The van der Waals surface area contributed by atoms with Crippen molar-refractivity contribution < 1.29 is 24.1 Å². The predicted molar refractivity (Wildman–Crippen MR) is 86.7 cm³/mol. The summed E-state index contributed by atoms with van der Waals surface area (Å²) in [5, 5.41) is 4.54. The van der Waals surface area contributed by atoms with E-state index in [1.165, 1.54) is 23.1 Å². The molecule has 132 valence electrons. The Hall–Kier alpha value is -2.28. The SMILES string of the molecule is CC[C@H](C)N1C(=O)[C@@H]2[C@H](C)[NH2+][C@@]3(C(=O)Nc4ccc(F)cc43)[C@@H]2C1=O. The molecule has 2 fully saturated rings. The van der Waals surface area contributed by atoms with Gasteiger partial charge in [-0.25, -0.2) is 4.39 Å². The van der Waals surface area contributed by atoms with Crippen molar-refractivity contribution in [2.75, 3.05) is 5.32 Å². The highest BCUT2D eigenvalue weighted by atomic mass is 19.1. The molecule has 0 bridgehead atoms. The van der Waals surface area contributed by atoms with Crippen molar-refractivity contribution in [2.24, 2.45) is 11.8 Å². The van der Waals surface area contributed by atoms with Crippen LogP contribution in [0, 0.1) is 17.7 Å². The fourth-order valence-corrected chi connectivity index (χ4v) is 4.75. The number of nitrogens with two attached hydrogens (primary N) is 1. The van der Waals surface area contributed by atoms with Crippen molar-refractivity contribution in [3.63, 3.8) is 0 Å². The van der Waals surface area contributed by atoms with Crippen molar-refractivity contribution in [2.45, 2.75) is 44.8 Å². The van der Waals surface area contributed by atoms with Crippen molar-refractivity contribution >= 4 is 23.4 Å². The lowest BCUT2D eigenvalue weighted by Gasteiger charge is -2.28. The van der Waals surface area contributed by atoms with Crippen molar-refractivity contribution in [1.29, 1.82) is 0 Å². The topological polar surface area (TPSA) is 83.1 Å². The molecule has 6 nitrogen and oxygen atoms in total. The maximum absolute atomic E-state index is 13.9. The average molecular weight is 346 g/mol. The highest BCUT2D eigenvalue weighted by Crippen LogP contribution is 2.49. The van der Waals surface area contributed by atoms with Gasteiger partial charge in [-0.1, -0.05) is 6.92 Å². The van der Waals surface area contributed by atoms with E-state index in [4.69, 9.17) is 0 Å². The summed E-state index contributed by atoms with van der Waals surface area (Å²) < 4.78 is 13.9. The summed E-state index contributed by atoms with van der Waals surface area (Å²) in [6, 6.07) is 3.64. The number of nitrogens with one attached hydrogen (secondary N) is 1. The molecule has 1 aromatic rings. The van der Waals surface area contributed by atoms with Gasteiger partial charge in [0.25, 0.3) is 5.91 Å². The first kappa shape index (κ1) is 16.2. The normalized spacial score (nSPS) is 34.5. The summed E-state index contributed by atoms with van der Waals surface area (Å²) in [5.74, 6) is -2.72. The van der Waals surface area contributed by atoms with Crippen LogP contribution in [0.25, 0.3) is 0 Å². The predicted octanol–water partition coefficient (Wildman–Crippen LogP) is 0.338. The first-order chi connectivity index (χ1) is 11.8. The molecule has 0 aliphatic carbocycles. The number of hydrogen-bond donors (Lipinski definition) is 2. The number of imide groups is 1. The smallest absolute Gasteiger partial charge is 0.291 e. The van der Waals surface area contributed by atoms with Gasteiger partial charge < -0.3 is 10.6 Å². The van der Waals surface area contributed by atoms with Crippen LogP contribution in [0.2, 0.25) is 0 Å². The Morgan fingerprint density at radius 1 is 1.32 bits per heavy atom. The average Bonchev–Trinajstić information content (AvgIpc) is 3.12. The van der Waals surface area contributed by atoms with Crippen LogP contribution in [0.15, 0.2) is 18.2 Å². The lowest BCUT2D eigenvalue weighted by atomic mass is 9.76. The van der Waals surface area contributed by atoms with Gasteiger partial charge in [0.2, 0.25) is 17.4 Å². The molecule has 0 saturated carbocycles. The molecule has 3 aliphatic heterocycles. The second-order valence-electron chi connectivity index (χ2n) is 7.35. The fourth-order valence-electron chi connectivity index (χ4n) is 4.75. The molecular weight excluding hydrogens is 325 g/mol. The quantitative estimate of drug-likeness (QED) is 0.758. The molecule has 5 atom stereocenters. The highest BCUT2D eigenvalue weighted by molar-refractivity contribution is 6.14. The Morgan fingerprint density at radius 2 is 2.04 bits per heavy atom. The number of nitrogens with zero attached hydrogens (tertiary/aromatic N) is 1. The third kappa shape index (κ3) is 1.84. The van der Waals surface area contributed by atoms with Crippen LogP contribution in [-0.2, 0) is 19.9 Å². The molecule has 2 saturated heterocycles. The number of likely N-dealkylation sites (tertiary alicyclic amines) is 1. The highest BCUT2D eigenvalue weighted by Gasteiger charge is 2.73. The monoisotopic (exact) mass is 346 g/mol. The number of carbonyl (C=O) groups excluding carboxylic acids is 3. The minimum absolute atomic E-state index is 0.216. The van der Waals surface area contributed by atoms with E-state index in [9.17, 15) is 18.8 Å². The van der Waals surface area contributed by atoms with E-state index in [0.717, 1.165) is 0 Å². The molecule has 1 spiro atoms. The number of halogens is 1. The van der Waals surface area contributed by atoms with Gasteiger partial charge in [0.15, 0.2) is 0 Å². The summed E-state index contributed by atoms with van der Waals surface area (Å²) in [6.45, 7) is 5.60. The minimum atomic E-state index is -1.27. The van der Waals surface area contributed by atoms with Gasteiger partial charge in [0.1, 0.15) is 17.7 Å². The van der Waals surface area contributed by atoms with Gasteiger partial charge in [-0.3, -0.25) is 19.3 Å². The fraction of sp³-hybridized carbons (Fsp3) is 0.500. The van der Waals surface area contributed by atoms with E-state index in [0.29, 0.717) is 17.7 Å². The van der Waals surface area contributed by atoms with Crippen molar-refractivity contribution in [3.8, 4) is 0 Å². The number of fused-ring (bicyclic) bond motifs is 4. The second-order valence-corrected chi connectivity index (χ2v) is 7.35. The Balaban J connectivity index is 1.89. The molecule has 4 rings (SSSR count). The molecular formula is C18H21FN3O3+. The molecule has 7 heteroatoms. The van der Waals surface area contributed by atoms with Gasteiger partial charge >= 0.3 is 0 Å². The van der Waals surface area contributed by atoms with E-state index < -0.39 is 23.2 Å². The molecule has 3 amide bonds. The first-order valence-electron chi connectivity index (χ1n) is 8.67. The molecule has 0 aromatic heterocycles. The van der Waals surface area contributed by atoms with Gasteiger partial charge in [0, 0.05) is 11.6 Å². The molecule has 0 radical (unpaired) electrons. The minimum Gasteiger partial charge on any atom is -0.326 e. The maximum atomic E-state index is 13.9. The third-order valence-corrected chi connectivity index (χ3v) is 6.05. The molecule has 3 aliphatic rings. The molecule has 25 heavy (non-hydrogen) atoms. The van der Waals surface area contributed by atoms with E-state index in [-0.39, 0.29) is 29.8 Å². The first-order valence-corrected chi connectivity index (χ1v) is 8.67. The number of benzene rings is 1. The zero-order chi connectivity index (χ0) is 18.1. The van der Waals surface area contributed by atoms with Crippen LogP contribution in [0.3, 0.4) is 0 Å². The Bertz CT molecular complexity index is 811. The number of amides is 3. The van der Waals surface area contributed by atoms with E-state index in [1.807, 2.05) is 20.8 Å². The van der Waals surface area contributed by atoms with Crippen LogP contribution >= 0.6 is 0 Å². The molecule has 1 aromatic carbocycles. The van der Waals surface area contributed by atoms with Crippen molar-refractivity contribution in [1.82, 2.24) is 4.90 Å². The standard InChI is InChI=1S/C18H20FN3O3/c1-4-8(2)22-15(23)13-9(3)21-18(14(13)16(22)24)11-7-10(19)5-6-12(11)20-17(18)25/h5-9,13-14,21H,4H2,1-3H3,(H,20,25)/p+1/t8-,9-,13+,14-,18+/m0/s1. The van der Waals surface area contributed by atoms with Crippen LogP contribution in [0.4, 0.5) is 10.1 Å². The lowest BCUT2D eigenvalue weighted by molar-refractivity contribution is -0.730. The van der Waals surface area contributed by atoms with Crippen LogP contribution in [0.1, 0.15) is 32.8 Å². The Labute approximate surface area is 144 Å². The number of hydrogen-bond acceptors (Lipinski definition) is 3. The number of rotatable bonds is 2.